The monoisotopic (exact) mass is 825 g/mol. The Kier molecular flexibility index (Phi) is 10.7. The van der Waals surface area contributed by atoms with Gasteiger partial charge < -0.3 is 50.1 Å². The smallest absolute Gasteiger partial charge is 0.353 e. The number of benzene rings is 2. The van der Waals surface area contributed by atoms with Crippen LogP contribution in [0.2, 0.25) is 0 Å². The number of phenols is 2. The number of nitrogens with one attached hydrogen (secondary N) is 2. The van der Waals surface area contributed by atoms with Crippen LogP contribution >= 0.6 is 24.0 Å². The molecule has 0 aliphatic carbocycles. The van der Waals surface area contributed by atoms with E-state index < -0.39 is 111 Å². The fraction of sp³-hybridized carbons (Fsp3) is 0.242. The van der Waals surface area contributed by atoms with Gasteiger partial charge in [-0.15, -0.1) is 16.9 Å². The van der Waals surface area contributed by atoms with Crippen molar-refractivity contribution in [2.75, 3.05) is 13.7 Å². The SMILES string of the molecule is CO[C@@]1(C=S)C(=O)N2C(C(=O)O)=C(c3nnnn3CC(=O)O)C(NC(=O)C(NC(=O)c3c(C)oc4cc(O)c(O)cc4c3=O)c3ccc(OCC(=O)O)cc3)S[C@H]21. The third-order valence-electron chi connectivity index (χ3n) is 8.73. The molecule has 4 atom stereocenters. The minimum Gasteiger partial charge on any atom is -0.504 e. The van der Waals surface area contributed by atoms with Crippen LogP contribution in [-0.4, -0.2) is 122 Å². The molecule has 0 spiro atoms. The van der Waals surface area contributed by atoms with E-state index in [-0.39, 0.29) is 28.0 Å². The molecule has 2 aromatic carbocycles. The number of carbonyl (C=O) groups is 6. The van der Waals surface area contributed by atoms with Crippen molar-refractivity contribution < 1.29 is 68.2 Å². The average Bonchev–Trinajstić information content (AvgIpc) is 3.60. The van der Waals surface area contributed by atoms with Gasteiger partial charge in [0.15, 0.2) is 23.9 Å². The van der Waals surface area contributed by atoms with Crippen LogP contribution in [-0.2, 0) is 35.3 Å². The lowest BCUT2D eigenvalue weighted by atomic mass is 9.91. The number of hydrogen-bond acceptors (Lipinski definition) is 17. The number of tetrazole rings is 1. The maximum absolute atomic E-state index is 14.5. The number of aromatic nitrogens is 4. The Balaban J connectivity index is 1.45. The van der Waals surface area contributed by atoms with E-state index in [9.17, 15) is 54.0 Å². The van der Waals surface area contributed by atoms with E-state index in [1.807, 2.05) is 0 Å². The van der Waals surface area contributed by atoms with Crippen LogP contribution < -0.4 is 20.8 Å². The van der Waals surface area contributed by atoms with Crippen molar-refractivity contribution in [2.45, 2.75) is 35.9 Å². The van der Waals surface area contributed by atoms with Crippen molar-refractivity contribution in [3.63, 3.8) is 0 Å². The van der Waals surface area contributed by atoms with Gasteiger partial charge in [-0.3, -0.25) is 28.9 Å². The van der Waals surface area contributed by atoms with Gasteiger partial charge in [0.2, 0.25) is 16.9 Å². The molecule has 3 amide bonds. The molecule has 4 heterocycles. The van der Waals surface area contributed by atoms with Gasteiger partial charge in [0, 0.05) is 18.5 Å². The first-order chi connectivity index (χ1) is 27.0. The third kappa shape index (κ3) is 7.07. The second kappa shape index (κ2) is 15.3. The molecule has 1 saturated heterocycles. The molecular weight excluding hydrogens is 799 g/mol. The van der Waals surface area contributed by atoms with E-state index in [4.69, 9.17) is 31.2 Å². The van der Waals surface area contributed by atoms with E-state index in [2.05, 4.69) is 26.2 Å². The Labute approximate surface area is 326 Å². The molecule has 0 radical (unpaired) electrons. The van der Waals surface area contributed by atoms with E-state index in [0.29, 0.717) is 0 Å². The molecule has 6 rings (SSSR count). The zero-order valence-electron chi connectivity index (χ0n) is 29.1. The van der Waals surface area contributed by atoms with E-state index in [1.165, 1.54) is 31.2 Å². The molecule has 0 saturated carbocycles. The predicted molar refractivity (Wildman–Crippen MR) is 194 cm³/mol. The number of aryl methyl sites for hydroxylation is 1. The molecule has 2 aromatic heterocycles. The Bertz CT molecular complexity index is 2480. The number of amides is 3. The Morgan fingerprint density at radius 3 is 2.37 bits per heavy atom. The maximum Gasteiger partial charge on any atom is 0.353 e. The second-order valence-electron chi connectivity index (χ2n) is 12.1. The van der Waals surface area contributed by atoms with Crippen LogP contribution in [0.4, 0.5) is 0 Å². The van der Waals surface area contributed by atoms with Crippen LogP contribution in [0.3, 0.4) is 0 Å². The maximum atomic E-state index is 14.5. The fourth-order valence-corrected chi connectivity index (χ4v) is 8.09. The third-order valence-corrected chi connectivity index (χ3v) is 10.5. The first kappa shape index (κ1) is 39.8. The summed E-state index contributed by atoms with van der Waals surface area (Å²) in [5, 5.41) is 62.8. The van der Waals surface area contributed by atoms with Gasteiger partial charge in [-0.2, -0.15) is 0 Å². The van der Waals surface area contributed by atoms with Gasteiger partial charge in [-0.25, -0.2) is 14.3 Å². The van der Waals surface area contributed by atoms with E-state index in [0.717, 1.165) is 46.0 Å². The summed E-state index contributed by atoms with van der Waals surface area (Å²) in [5.41, 5.74) is -4.74. The van der Waals surface area contributed by atoms with Crippen molar-refractivity contribution in [1.29, 1.82) is 0 Å². The number of methoxy groups -OCH3 is 1. The molecule has 2 aliphatic rings. The number of aliphatic carboxylic acids is 3. The Hall–Kier alpha value is -6.92. The lowest BCUT2D eigenvalue weighted by molar-refractivity contribution is -0.169. The van der Waals surface area contributed by atoms with Gasteiger partial charge in [0.1, 0.15) is 51.7 Å². The topological polar surface area (TPSA) is 323 Å². The normalized spacial score (nSPS) is 19.3. The molecule has 2 aliphatic heterocycles. The minimum absolute atomic E-state index is 0.0139. The van der Waals surface area contributed by atoms with Crippen molar-refractivity contribution in [3.05, 3.63) is 75.0 Å². The van der Waals surface area contributed by atoms with Crippen LogP contribution in [0.1, 0.15) is 33.5 Å². The number of hydrogen-bond donors (Lipinski definition) is 7. The van der Waals surface area contributed by atoms with E-state index in [1.54, 1.807) is 0 Å². The first-order valence-electron chi connectivity index (χ1n) is 16.0. The van der Waals surface area contributed by atoms with Gasteiger partial charge in [-0.1, -0.05) is 24.4 Å². The van der Waals surface area contributed by atoms with Gasteiger partial charge in [0.25, 0.3) is 11.8 Å². The standard InChI is InChI=1S/C33H27N7O15S2/c1-12-21(25(47)15-7-16(41)17(42)8-18(15)55-12)27(48)34-23(13-3-5-14(6-4-13)54-10-20(45)46)28(49)35-29-22(26-36-37-38-39(26)9-19(43)44)24(30(50)51)40-31(52)33(11-56,53-2)32(40)57-29/h3-8,11,23,29,32,41-42H,9-10H2,1-2H3,(H,34,48)(H,35,49)(H,43,44)(H,45,46)(H,50,51)/t23?,29?,32-,33-/m0/s1. The lowest BCUT2D eigenvalue weighted by Crippen LogP contribution is -2.76. The summed E-state index contributed by atoms with van der Waals surface area (Å²) in [6.07, 6.45) is 0. The lowest BCUT2D eigenvalue weighted by Gasteiger charge is -2.55. The highest BCUT2D eigenvalue weighted by Crippen LogP contribution is 2.51. The molecule has 2 unspecified atom stereocenters. The van der Waals surface area contributed by atoms with Crippen LogP contribution in [0.15, 0.2) is 51.3 Å². The van der Waals surface area contributed by atoms with Crippen molar-refractivity contribution in [2.24, 2.45) is 0 Å². The highest BCUT2D eigenvalue weighted by atomic mass is 32.2. The molecule has 0 bridgehead atoms. The summed E-state index contributed by atoms with van der Waals surface area (Å²) < 4.78 is 16.9. The van der Waals surface area contributed by atoms with Crippen molar-refractivity contribution in [3.8, 4) is 17.2 Å². The molecule has 1 fully saturated rings. The summed E-state index contributed by atoms with van der Waals surface area (Å²) in [4.78, 5) is 91.9. The number of phenolic OH excluding ortho intramolecular Hbond substituents is 2. The number of carboxylic acids is 3. The van der Waals surface area contributed by atoms with Gasteiger partial charge >= 0.3 is 17.9 Å². The van der Waals surface area contributed by atoms with Gasteiger partial charge in [-0.05, 0) is 41.1 Å². The Morgan fingerprint density at radius 2 is 1.75 bits per heavy atom. The van der Waals surface area contributed by atoms with Crippen molar-refractivity contribution in [1.82, 2.24) is 35.7 Å². The molecule has 4 aromatic rings. The number of thiocarbonyl (C=S) groups is 1. The largest absolute Gasteiger partial charge is 0.504 e. The quantitative estimate of drug-likeness (QED) is 0.0490. The van der Waals surface area contributed by atoms with Crippen LogP contribution in [0.25, 0.3) is 16.5 Å². The average molecular weight is 826 g/mol. The van der Waals surface area contributed by atoms with Crippen LogP contribution in [0, 0.1) is 6.92 Å². The number of thioether (sulfide) groups is 1. The number of ether oxygens (including phenoxy) is 2. The van der Waals surface area contributed by atoms with Gasteiger partial charge in [0.05, 0.1) is 11.0 Å². The number of β-lactam (4-membered cyclic amide) rings is 1. The number of aromatic hydroxyl groups is 2. The number of carboxylic acid groups (broad SMARTS) is 3. The molecule has 57 heavy (non-hydrogen) atoms. The summed E-state index contributed by atoms with van der Waals surface area (Å²) in [6.45, 7) is -0.321. The van der Waals surface area contributed by atoms with E-state index >= 15 is 0 Å². The minimum atomic E-state index is -1.85. The molecule has 22 nitrogen and oxygen atoms in total. The zero-order chi connectivity index (χ0) is 41.5. The molecule has 24 heteroatoms. The van der Waals surface area contributed by atoms with Crippen molar-refractivity contribution >= 4 is 81.5 Å². The summed E-state index contributed by atoms with van der Waals surface area (Å²) >= 11 is 5.83. The van der Waals surface area contributed by atoms with Crippen LogP contribution in [0.5, 0.6) is 17.2 Å². The number of nitrogens with zero attached hydrogens (tertiary/aromatic N) is 5. The summed E-state index contributed by atoms with van der Waals surface area (Å²) in [7, 11) is 1.16. The zero-order valence-corrected chi connectivity index (χ0v) is 30.7. The molecule has 7 N–H and O–H groups in total. The number of rotatable bonds is 14. The number of fused-ring (bicyclic) bond motifs is 2. The highest BCUT2D eigenvalue weighted by molar-refractivity contribution is 8.01. The fourth-order valence-electron chi connectivity index (χ4n) is 6.09. The second-order valence-corrected chi connectivity index (χ2v) is 13.6. The highest BCUT2D eigenvalue weighted by Gasteiger charge is 2.66. The summed E-state index contributed by atoms with van der Waals surface area (Å²) in [6, 6.07) is 5.23. The summed E-state index contributed by atoms with van der Waals surface area (Å²) in [5.74, 6) is -9.49. The molecular formula is C33H27N7O15S2. The Morgan fingerprint density at radius 1 is 1.07 bits per heavy atom. The molecule has 296 valence electrons. The number of carbonyl (C=O) groups excluding carboxylic acids is 3. The first-order valence-corrected chi connectivity index (χ1v) is 17.5. The predicted octanol–water partition coefficient (Wildman–Crippen LogP) is -0.244.